The summed E-state index contributed by atoms with van der Waals surface area (Å²) in [6.07, 6.45) is 2.88. The van der Waals surface area contributed by atoms with Crippen molar-refractivity contribution in [3.8, 4) is 39.4 Å². The van der Waals surface area contributed by atoms with Crippen LogP contribution in [-0.2, 0) is 19.6 Å². The highest BCUT2D eigenvalue weighted by molar-refractivity contribution is 6.30. The number of tetrazole rings is 1. The number of aromatic nitrogens is 6. The van der Waals surface area contributed by atoms with E-state index < -0.39 is 0 Å². The summed E-state index contributed by atoms with van der Waals surface area (Å²) in [4.78, 5) is 6.27. The molecule has 8 nitrogen and oxygen atoms in total. The van der Waals surface area contributed by atoms with Crippen molar-refractivity contribution in [2.45, 2.75) is 45.4 Å². The minimum absolute atomic E-state index is 0.157. The number of unbranched alkanes of at least 4 members (excludes halogenated alkanes) is 1. The molecule has 0 saturated carbocycles. The van der Waals surface area contributed by atoms with Crippen LogP contribution in [0.3, 0.4) is 0 Å². The van der Waals surface area contributed by atoms with Crippen molar-refractivity contribution in [2.75, 3.05) is 7.11 Å². The Bertz CT molecular complexity index is 2210. The fourth-order valence-electron chi connectivity index (χ4n) is 6.55. The quantitative estimate of drug-likeness (QED) is 0.130. The molecule has 0 aliphatic heterocycles. The second-order valence-electron chi connectivity index (χ2n) is 12.4. The first-order valence-electron chi connectivity index (χ1n) is 17.2. The Morgan fingerprint density at radius 1 is 0.765 bits per heavy atom. The lowest BCUT2D eigenvalue weighted by Gasteiger charge is -2.20. The van der Waals surface area contributed by atoms with E-state index in [2.05, 4.69) is 88.9 Å². The molecule has 0 spiro atoms. The van der Waals surface area contributed by atoms with Crippen LogP contribution in [0, 0.1) is 0 Å². The zero-order chi connectivity index (χ0) is 35.2. The molecule has 51 heavy (non-hydrogen) atoms. The van der Waals surface area contributed by atoms with Crippen molar-refractivity contribution in [3.05, 3.63) is 161 Å². The molecule has 7 rings (SSSR count). The van der Waals surface area contributed by atoms with Crippen LogP contribution < -0.4 is 4.74 Å². The van der Waals surface area contributed by atoms with E-state index >= 15 is 0 Å². The van der Waals surface area contributed by atoms with Crippen LogP contribution in [-0.4, -0.2) is 42.0 Å². The van der Waals surface area contributed by atoms with Crippen molar-refractivity contribution in [2.24, 2.45) is 0 Å². The van der Waals surface area contributed by atoms with Gasteiger partial charge in [0.2, 0.25) is 5.82 Å². The lowest BCUT2D eigenvalue weighted by atomic mass is 9.91. The smallest absolute Gasteiger partial charge is 0.205 e. The standard InChI is InChI=1S/C42H39ClN6O2/c1-3-4-18-39-44-41(43)38(28-50)48(39)27-29-19-21-30(22-20-29)35-15-9-11-17-37(35)42-45-47-49(46-42)40(32-12-6-5-7-13-32)36-16-10-8-14-34(36)31-23-25-33(51-2)26-24-31/h5-17,19-26,40,50H,3-4,18,27-28H2,1-2H3. The number of imidazole rings is 1. The molecule has 2 aromatic heterocycles. The highest BCUT2D eigenvalue weighted by Gasteiger charge is 2.24. The van der Waals surface area contributed by atoms with E-state index in [1.807, 2.05) is 65.2 Å². The number of aliphatic hydroxyl groups is 1. The minimum atomic E-state index is -0.320. The van der Waals surface area contributed by atoms with Crippen molar-refractivity contribution in [1.82, 2.24) is 29.8 Å². The lowest BCUT2D eigenvalue weighted by molar-refractivity contribution is 0.271. The number of halogens is 1. The van der Waals surface area contributed by atoms with Crippen molar-refractivity contribution in [3.63, 3.8) is 0 Å². The second kappa shape index (κ2) is 15.5. The summed E-state index contributed by atoms with van der Waals surface area (Å²) in [5.74, 6) is 2.25. The molecule has 1 N–H and O–H groups in total. The molecule has 0 bridgehead atoms. The van der Waals surface area contributed by atoms with Gasteiger partial charge in [0.25, 0.3) is 0 Å². The summed E-state index contributed by atoms with van der Waals surface area (Å²) in [5.41, 5.74) is 8.91. The van der Waals surface area contributed by atoms with E-state index in [0.29, 0.717) is 23.2 Å². The molecule has 0 aliphatic carbocycles. The van der Waals surface area contributed by atoms with Crippen LogP contribution >= 0.6 is 11.6 Å². The Balaban J connectivity index is 1.22. The van der Waals surface area contributed by atoms with Gasteiger partial charge in [0.05, 0.1) is 19.4 Å². The Morgan fingerprint density at radius 3 is 2.12 bits per heavy atom. The van der Waals surface area contributed by atoms with E-state index in [-0.39, 0.29) is 12.6 Å². The van der Waals surface area contributed by atoms with Crippen molar-refractivity contribution < 1.29 is 9.84 Å². The third-order valence-electron chi connectivity index (χ3n) is 9.21. The van der Waals surface area contributed by atoms with Gasteiger partial charge in [-0.1, -0.05) is 140 Å². The third kappa shape index (κ3) is 7.20. The van der Waals surface area contributed by atoms with Gasteiger partial charge in [-0.25, -0.2) is 4.98 Å². The van der Waals surface area contributed by atoms with E-state index in [4.69, 9.17) is 21.4 Å². The highest BCUT2D eigenvalue weighted by atomic mass is 35.5. The fourth-order valence-corrected chi connectivity index (χ4v) is 6.81. The molecule has 0 radical (unpaired) electrons. The molecule has 5 aromatic carbocycles. The number of hydrogen-bond acceptors (Lipinski definition) is 6. The van der Waals surface area contributed by atoms with Crippen LogP contribution in [0.15, 0.2) is 127 Å². The van der Waals surface area contributed by atoms with E-state index in [0.717, 1.165) is 75.3 Å². The molecule has 1 unspecified atom stereocenters. The topological polar surface area (TPSA) is 90.9 Å². The number of rotatable bonds is 13. The maximum absolute atomic E-state index is 10.0. The SMILES string of the molecule is CCCCc1nc(Cl)c(CO)n1Cc1ccc(-c2ccccc2-c2nnn(C(c3ccccc3)c3ccccc3-c3ccc(OC)cc3)n2)cc1. The average Bonchev–Trinajstić information content (AvgIpc) is 3.78. The van der Waals surface area contributed by atoms with Gasteiger partial charge in [-0.15, -0.1) is 10.2 Å². The average molecular weight is 695 g/mol. The van der Waals surface area contributed by atoms with Gasteiger partial charge < -0.3 is 14.4 Å². The molecule has 0 aliphatic rings. The predicted octanol–water partition coefficient (Wildman–Crippen LogP) is 9.05. The maximum Gasteiger partial charge on any atom is 0.205 e. The number of aliphatic hydroxyl groups excluding tert-OH is 1. The highest BCUT2D eigenvalue weighted by Crippen LogP contribution is 2.36. The van der Waals surface area contributed by atoms with Crippen LogP contribution in [0.5, 0.6) is 5.75 Å². The molecule has 0 fully saturated rings. The predicted molar refractivity (Wildman–Crippen MR) is 202 cm³/mol. The van der Waals surface area contributed by atoms with E-state index in [9.17, 15) is 5.11 Å². The first kappa shape index (κ1) is 33.9. The first-order chi connectivity index (χ1) is 25.1. The van der Waals surface area contributed by atoms with Gasteiger partial charge in [-0.2, -0.15) is 4.80 Å². The van der Waals surface area contributed by atoms with Crippen molar-refractivity contribution >= 4 is 11.6 Å². The third-order valence-corrected chi connectivity index (χ3v) is 9.51. The number of nitrogens with zero attached hydrogens (tertiary/aromatic N) is 6. The Hall–Kier alpha value is -5.57. The summed E-state index contributed by atoms with van der Waals surface area (Å²) in [6.45, 7) is 2.57. The zero-order valence-electron chi connectivity index (χ0n) is 28.7. The van der Waals surface area contributed by atoms with Gasteiger partial charge in [-0.05, 0) is 62.7 Å². The number of methoxy groups -OCH3 is 1. The fraction of sp³-hybridized carbons (Fsp3) is 0.190. The monoisotopic (exact) mass is 694 g/mol. The Kier molecular flexibility index (Phi) is 10.3. The summed E-state index contributed by atoms with van der Waals surface area (Å²) < 4.78 is 7.46. The van der Waals surface area contributed by atoms with Crippen LogP contribution in [0.4, 0.5) is 0 Å². The molecular formula is C42H39ClN6O2. The van der Waals surface area contributed by atoms with E-state index in [1.54, 1.807) is 11.9 Å². The number of ether oxygens (including phenoxy) is 1. The molecule has 2 heterocycles. The number of benzene rings is 5. The lowest BCUT2D eigenvalue weighted by Crippen LogP contribution is -2.16. The van der Waals surface area contributed by atoms with Crippen LogP contribution in [0.25, 0.3) is 33.6 Å². The maximum atomic E-state index is 10.0. The molecular weight excluding hydrogens is 656 g/mol. The van der Waals surface area contributed by atoms with Gasteiger partial charge in [-0.3, -0.25) is 0 Å². The van der Waals surface area contributed by atoms with Crippen LogP contribution in [0.2, 0.25) is 5.15 Å². The molecule has 1 atom stereocenters. The number of hydrogen-bond donors (Lipinski definition) is 1. The normalized spacial score (nSPS) is 11.8. The minimum Gasteiger partial charge on any atom is -0.497 e. The second-order valence-corrected chi connectivity index (χ2v) is 12.8. The van der Waals surface area contributed by atoms with Crippen LogP contribution in [0.1, 0.15) is 54.0 Å². The molecule has 0 saturated heterocycles. The molecule has 9 heteroatoms. The largest absolute Gasteiger partial charge is 0.497 e. The Morgan fingerprint density at radius 2 is 1.41 bits per heavy atom. The molecule has 7 aromatic rings. The van der Waals surface area contributed by atoms with Gasteiger partial charge in [0.1, 0.15) is 17.6 Å². The summed E-state index contributed by atoms with van der Waals surface area (Å²) >= 11 is 6.40. The number of aryl methyl sites for hydroxylation is 1. The molecule has 0 amide bonds. The first-order valence-corrected chi connectivity index (χ1v) is 17.6. The summed E-state index contributed by atoms with van der Waals surface area (Å²) in [6, 6.07) is 43.0. The molecule has 256 valence electrons. The van der Waals surface area contributed by atoms with Gasteiger partial charge >= 0.3 is 0 Å². The summed E-state index contributed by atoms with van der Waals surface area (Å²) in [5, 5.41) is 24.7. The van der Waals surface area contributed by atoms with Gasteiger partial charge in [0.15, 0.2) is 5.15 Å². The van der Waals surface area contributed by atoms with E-state index in [1.165, 1.54) is 0 Å². The van der Waals surface area contributed by atoms with Crippen molar-refractivity contribution in [1.29, 1.82) is 0 Å². The van der Waals surface area contributed by atoms with Gasteiger partial charge in [0, 0.05) is 18.5 Å². The summed E-state index contributed by atoms with van der Waals surface area (Å²) in [7, 11) is 1.67. The zero-order valence-corrected chi connectivity index (χ0v) is 29.4. The Labute approximate surface area is 303 Å².